The summed E-state index contributed by atoms with van der Waals surface area (Å²) in [5.74, 6) is 3.89. The van der Waals surface area contributed by atoms with Gasteiger partial charge in [-0.15, -0.1) is 10.2 Å². The minimum Gasteiger partial charge on any atom is -0.354 e. The average molecular weight is 433 g/mol. The monoisotopic (exact) mass is 432 g/mol. The Labute approximate surface area is 182 Å². The van der Waals surface area contributed by atoms with E-state index >= 15 is 0 Å². The van der Waals surface area contributed by atoms with Crippen molar-refractivity contribution in [2.75, 3.05) is 43.4 Å². The first-order valence-electron chi connectivity index (χ1n) is 10.7. The fraction of sp³-hybridized carbons (Fsp3) is 0.714. The van der Waals surface area contributed by atoms with E-state index in [9.17, 15) is 0 Å². The number of rotatable bonds is 7. The third-order valence-corrected chi connectivity index (χ3v) is 7.75. The van der Waals surface area contributed by atoms with Gasteiger partial charge in [-0.05, 0) is 25.8 Å². The molecule has 3 heterocycles. The van der Waals surface area contributed by atoms with Crippen molar-refractivity contribution in [3.05, 3.63) is 23.1 Å². The summed E-state index contributed by atoms with van der Waals surface area (Å²) in [5, 5.41) is 7.99. The normalized spacial score (nSPS) is 18.8. The highest BCUT2D eigenvalue weighted by Crippen LogP contribution is 2.37. The number of aromatic nitrogens is 4. The van der Waals surface area contributed by atoms with Crippen molar-refractivity contribution < 1.29 is 0 Å². The van der Waals surface area contributed by atoms with Crippen LogP contribution in [0.15, 0.2) is 15.9 Å². The molecule has 4 rings (SSSR count). The maximum absolute atomic E-state index is 4.98. The maximum Gasteiger partial charge on any atom is 0.174 e. The van der Waals surface area contributed by atoms with Gasteiger partial charge in [0.1, 0.15) is 17.2 Å². The number of nitrogens with zero attached hydrogens (tertiary/aromatic N) is 6. The Morgan fingerprint density at radius 2 is 1.93 bits per heavy atom. The molecule has 0 unspecified atom stereocenters. The smallest absolute Gasteiger partial charge is 0.174 e. The van der Waals surface area contributed by atoms with Gasteiger partial charge in [0.05, 0.1) is 0 Å². The largest absolute Gasteiger partial charge is 0.354 e. The fourth-order valence-electron chi connectivity index (χ4n) is 3.74. The second kappa shape index (κ2) is 9.27. The Balaban J connectivity index is 1.31. The molecule has 0 aromatic carbocycles. The van der Waals surface area contributed by atoms with Crippen molar-refractivity contribution in [3.63, 3.8) is 0 Å². The minimum absolute atomic E-state index is 0.0130. The third kappa shape index (κ3) is 5.47. The highest BCUT2D eigenvalue weighted by atomic mass is 32.2. The second-order valence-electron chi connectivity index (χ2n) is 9.09. The van der Waals surface area contributed by atoms with Crippen LogP contribution < -0.4 is 4.90 Å². The molecule has 158 valence electrons. The first-order valence-corrected chi connectivity index (χ1v) is 12.6. The second-order valence-corrected chi connectivity index (χ2v) is 11.3. The van der Waals surface area contributed by atoms with Gasteiger partial charge >= 0.3 is 0 Å². The van der Waals surface area contributed by atoms with E-state index in [1.807, 2.05) is 11.8 Å². The van der Waals surface area contributed by atoms with E-state index in [-0.39, 0.29) is 5.41 Å². The third-order valence-electron chi connectivity index (χ3n) is 5.81. The van der Waals surface area contributed by atoms with Crippen LogP contribution in [0.3, 0.4) is 0 Å². The molecule has 1 aliphatic carbocycles. The highest BCUT2D eigenvalue weighted by molar-refractivity contribution is 8.00. The van der Waals surface area contributed by atoms with Crippen LogP contribution in [0.1, 0.15) is 63.9 Å². The summed E-state index contributed by atoms with van der Waals surface area (Å²) in [4.78, 5) is 15.0. The molecule has 2 aliphatic rings. The Kier molecular flexibility index (Phi) is 6.71. The molecule has 1 aliphatic heterocycles. The Hall–Kier alpha value is -1.25. The molecule has 2 fully saturated rings. The van der Waals surface area contributed by atoms with Crippen LogP contribution in [0.4, 0.5) is 5.82 Å². The Bertz CT molecular complexity index is 777. The number of hydrogen-bond donors (Lipinski definition) is 0. The summed E-state index contributed by atoms with van der Waals surface area (Å²) in [5.41, 5.74) is 3.05. The molecule has 0 spiro atoms. The molecule has 6 nitrogen and oxygen atoms in total. The van der Waals surface area contributed by atoms with Crippen LogP contribution in [0.2, 0.25) is 0 Å². The predicted molar refractivity (Wildman–Crippen MR) is 121 cm³/mol. The predicted octanol–water partition coefficient (Wildman–Crippen LogP) is 4.20. The molecule has 1 saturated heterocycles. The van der Waals surface area contributed by atoms with E-state index in [1.165, 1.54) is 31.4 Å². The summed E-state index contributed by atoms with van der Waals surface area (Å²) < 4.78 is 1.08. The van der Waals surface area contributed by atoms with Gasteiger partial charge in [0, 0.05) is 55.0 Å². The number of thioether (sulfide) groups is 1. The van der Waals surface area contributed by atoms with E-state index in [2.05, 4.69) is 46.8 Å². The zero-order valence-corrected chi connectivity index (χ0v) is 19.4. The Morgan fingerprint density at radius 3 is 2.55 bits per heavy atom. The molecule has 1 saturated carbocycles. The average Bonchev–Trinajstić information content (AvgIpc) is 3.17. The molecule has 0 amide bonds. The van der Waals surface area contributed by atoms with Crippen molar-refractivity contribution in [3.8, 4) is 0 Å². The van der Waals surface area contributed by atoms with Crippen molar-refractivity contribution >= 4 is 28.9 Å². The first-order chi connectivity index (χ1) is 14.0. The molecule has 29 heavy (non-hydrogen) atoms. The van der Waals surface area contributed by atoms with Crippen LogP contribution >= 0.6 is 23.1 Å². The zero-order valence-electron chi connectivity index (χ0n) is 17.8. The lowest BCUT2D eigenvalue weighted by Crippen LogP contribution is -2.47. The summed E-state index contributed by atoms with van der Waals surface area (Å²) in [6, 6.07) is 2.27. The van der Waals surface area contributed by atoms with Gasteiger partial charge < -0.3 is 4.90 Å². The lowest BCUT2D eigenvalue weighted by atomic mass is 9.82. The van der Waals surface area contributed by atoms with Crippen molar-refractivity contribution in [1.82, 2.24) is 25.1 Å². The molecule has 2 aromatic rings. The molecule has 0 bridgehead atoms. The van der Waals surface area contributed by atoms with Crippen molar-refractivity contribution in [2.45, 2.75) is 62.1 Å². The van der Waals surface area contributed by atoms with Crippen LogP contribution in [0.25, 0.3) is 0 Å². The van der Waals surface area contributed by atoms with E-state index in [0.29, 0.717) is 5.92 Å². The minimum atomic E-state index is -0.0130. The first kappa shape index (κ1) is 21.0. The summed E-state index contributed by atoms with van der Waals surface area (Å²) >= 11 is 3.45. The number of anilines is 1. The van der Waals surface area contributed by atoms with Gasteiger partial charge in [0.25, 0.3) is 0 Å². The van der Waals surface area contributed by atoms with E-state index < -0.39 is 0 Å². The zero-order chi connectivity index (χ0) is 20.3. The van der Waals surface area contributed by atoms with Crippen LogP contribution in [-0.2, 0) is 5.41 Å². The molecule has 0 N–H and O–H groups in total. The standard InChI is InChI=1S/C21H32N6S2/c1-21(2,3)19-23-17(16-6-4-7-16)14-18(24-19)27-11-9-26(10-12-27)8-5-13-28-20-25-22-15-29-20/h14-16H,4-13H2,1-3H3. The van der Waals surface area contributed by atoms with Crippen molar-refractivity contribution in [2.24, 2.45) is 0 Å². The van der Waals surface area contributed by atoms with Gasteiger partial charge in [-0.25, -0.2) is 9.97 Å². The van der Waals surface area contributed by atoms with Crippen LogP contribution in [0, 0.1) is 0 Å². The molecular formula is C21H32N6S2. The van der Waals surface area contributed by atoms with Gasteiger partial charge in [-0.3, -0.25) is 4.90 Å². The van der Waals surface area contributed by atoms with E-state index in [0.717, 1.165) is 54.5 Å². The van der Waals surface area contributed by atoms with Crippen LogP contribution in [0.5, 0.6) is 0 Å². The lowest BCUT2D eigenvalue weighted by Gasteiger charge is -2.36. The van der Waals surface area contributed by atoms with Crippen LogP contribution in [-0.4, -0.2) is 63.5 Å². The molecule has 0 radical (unpaired) electrons. The highest BCUT2D eigenvalue weighted by Gasteiger charge is 2.27. The summed E-state index contributed by atoms with van der Waals surface area (Å²) in [7, 11) is 0. The summed E-state index contributed by atoms with van der Waals surface area (Å²) in [6.07, 6.45) is 5.09. The number of hydrogen-bond acceptors (Lipinski definition) is 8. The molecule has 0 atom stereocenters. The van der Waals surface area contributed by atoms with Gasteiger partial charge in [-0.1, -0.05) is 50.3 Å². The quantitative estimate of drug-likeness (QED) is 0.480. The number of piperazine rings is 1. The molecule has 8 heteroatoms. The maximum atomic E-state index is 4.98. The topological polar surface area (TPSA) is 58.0 Å². The SMILES string of the molecule is CC(C)(C)c1nc(C2CCC2)cc(N2CCN(CCCSc3nncs3)CC2)n1. The van der Waals surface area contributed by atoms with Gasteiger partial charge in [0.15, 0.2) is 4.34 Å². The van der Waals surface area contributed by atoms with Gasteiger partial charge in [0.2, 0.25) is 0 Å². The van der Waals surface area contributed by atoms with E-state index in [1.54, 1.807) is 16.8 Å². The van der Waals surface area contributed by atoms with E-state index in [4.69, 9.17) is 9.97 Å². The summed E-state index contributed by atoms with van der Waals surface area (Å²) in [6.45, 7) is 12.1. The molecule has 2 aromatic heterocycles. The molecular weight excluding hydrogens is 400 g/mol. The van der Waals surface area contributed by atoms with Crippen molar-refractivity contribution in [1.29, 1.82) is 0 Å². The Morgan fingerprint density at radius 1 is 1.14 bits per heavy atom. The van der Waals surface area contributed by atoms with Gasteiger partial charge in [-0.2, -0.15) is 0 Å². The fourth-order valence-corrected chi connectivity index (χ4v) is 5.22. The lowest BCUT2D eigenvalue weighted by molar-refractivity contribution is 0.258.